The molecule has 0 rings (SSSR count). The molecule has 2 N–H and O–H groups in total. The number of hydrogen-bond acceptors (Lipinski definition) is 1. The van der Waals surface area contributed by atoms with Crippen molar-refractivity contribution in [2.75, 3.05) is 0 Å². The third-order valence-electron chi connectivity index (χ3n) is 0.768. The van der Waals surface area contributed by atoms with Gasteiger partial charge in [-0.2, -0.15) is 0 Å². The van der Waals surface area contributed by atoms with Crippen LogP contribution in [0.2, 0.25) is 0 Å². The molecule has 0 unspecified atom stereocenters. The smallest absolute Gasteiger partial charge is 0.0108 e. The normalized spacial score (nSPS) is 11.4. The highest BCUT2D eigenvalue weighted by atomic mass is 79.9. The van der Waals surface area contributed by atoms with E-state index in [0.717, 1.165) is 17.3 Å². The molecule has 0 bridgehead atoms. The van der Waals surface area contributed by atoms with E-state index in [1.165, 1.54) is 0 Å². The largest absolute Gasteiger partial charge is 0.404 e. The molecule has 46 valence electrons. The Labute approximate surface area is 58.4 Å². The number of allylic oxidation sites excluding steroid dienone is 2. The highest BCUT2D eigenvalue weighted by Gasteiger charge is 1.84. The molecule has 0 aromatic heterocycles. The molecule has 1 nitrogen and oxygen atoms in total. The molecule has 0 fully saturated rings. The van der Waals surface area contributed by atoms with Gasteiger partial charge in [-0.15, -0.1) is 6.58 Å². The Morgan fingerprint density at radius 2 is 2.38 bits per heavy atom. The Morgan fingerprint density at radius 3 is 2.75 bits per heavy atom. The first-order valence-electron chi connectivity index (χ1n) is 2.48. The van der Waals surface area contributed by atoms with Gasteiger partial charge in [-0.25, -0.2) is 0 Å². The highest BCUT2D eigenvalue weighted by molar-refractivity contribution is 9.11. The van der Waals surface area contributed by atoms with Crippen LogP contribution in [-0.2, 0) is 0 Å². The second-order valence-corrected chi connectivity index (χ2v) is 2.46. The third-order valence-corrected chi connectivity index (χ3v) is 1.43. The van der Waals surface area contributed by atoms with Crippen molar-refractivity contribution in [3.8, 4) is 0 Å². The van der Waals surface area contributed by atoms with Crippen LogP contribution in [0.5, 0.6) is 0 Å². The van der Waals surface area contributed by atoms with E-state index in [1.807, 2.05) is 6.08 Å². The molecule has 0 aliphatic heterocycles. The number of rotatable bonds is 3. The molecule has 0 radical (unpaired) electrons. The van der Waals surface area contributed by atoms with E-state index in [1.54, 1.807) is 6.20 Å². The molecule has 0 aromatic carbocycles. The first kappa shape index (κ1) is 7.76. The molecule has 2 heteroatoms. The Morgan fingerprint density at radius 1 is 1.75 bits per heavy atom. The van der Waals surface area contributed by atoms with E-state index in [4.69, 9.17) is 5.73 Å². The summed E-state index contributed by atoms with van der Waals surface area (Å²) >= 11 is 3.27. The molecule has 0 heterocycles. The zero-order chi connectivity index (χ0) is 6.41. The van der Waals surface area contributed by atoms with Gasteiger partial charge in [0.15, 0.2) is 0 Å². The van der Waals surface area contributed by atoms with E-state index in [9.17, 15) is 0 Å². The van der Waals surface area contributed by atoms with Crippen molar-refractivity contribution in [2.24, 2.45) is 5.73 Å². The first-order chi connectivity index (χ1) is 3.81. The van der Waals surface area contributed by atoms with E-state index < -0.39 is 0 Å². The standard InChI is InChI=1S/C6H10BrN/c1-2-3-4-6(7)5-8/h2,5H,1,3-4,8H2/b6-5-. The third kappa shape index (κ3) is 3.93. The summed E-state index contributed by atoms with van der Waals surface area (Å²) in [6.45, 7) is 3.58. The maximum Gasteiger partial charge on any atom is 0.0108 e. The second kappa shape index (κ2) is 4.91. The summed E-state index contributed by atoms with van der Waals surface area (Å²) in [7, 11) is 0. The van der Waals surface area contributed by atoms with Gasteiger partial charge in [-0.05, 0) is 12.8 Å². The van der Waals surface area contributed by atoms with Crippen LogP contribution in [0, 0.1) is 0 Å². The molecular weight excluding hydrogens is 166 g/mol. The molecule has 0 amide bonds. The van der Waals surface area contributed by atoms with Crippen molar-refractivity contribution >= 4 is 15.9 Å². The molecule has 0 saturated heterocycles. The molecule has 0 spiro atoms. The first-order valence-corrected chi connectivity index (χ1v) is 3.27. The van der Waals surface area contributed by atoms with Crippen molar-refractivity contribution in [2.45, 2.75) is 12.8 Å². The predicted octanol–water partition coefficient (Wildman–Crippen LogP) is 2.15. The molecule has 0 aliphatic rings. The van der Waals surface area contributed by atoms with Crippen molar-refractivity contribution in [1.82, 2.24) is 0 Å². The number of nitrogens with two attached hydrogens (primary N) is 1. The van der Waals surface area contributed by atoms with Crippen molar-refractivity contribution in [1.29, 1.82) is 0 Å². The second-order valence-electron chi connectivity index (χ2n) is 1.44. The maximum atomic E-state index is 5.17. The van der Waals surface area contributed by atoms with Crippen LogP contribution < -0.4 is 5.73 Å². The van der Waals surface area contributed by atoms with Crippen LogP contribution in [0.25, 0.3) is 0 Å². The Kier molecular flexibility index (Phi) is 4.76. The van der Waals surface area contributed by atoms with E-state index in [2.05, 4.69) is 22.5 Å². The van der Waals surface area contributed by atoms with E-state index in [-0.39, 0.29) is 0 Å². The van der Waals surface area contributed by atoms with E-state index >= 15 is 0 Å². The van der Waals surface area contributed by atoms with Gasteiger partial charge in [0.1, 0.15) is 0 Å². The van der Waals surface area contributed by atoms with Crippen molar-refractivity contribution < 1.29 is 0 Å². The van der Waals surface area contributed by atoms with E-state index in [0.29, 0.717) is 0 Å². The van der Waals surface area contributed by atoms with Crippen LogP contribution >= 0.6 is 15.9 Å². The number of halogens is 1. The van der Waals surface area contributed by atoms with Crippen LogP contribution in [0.15, 0.2) is 23.3 Å². The monoisotopic (exact) mass is 175 g/mol. The number of hydrogen-bond donors (Lipinski definition) is 1. The van der Waals surface area contributed by atoms with Gasteiger partial charge >= 0.3 is 0 Å². The zero-order valence-corrected chi connectivity index (χ0v) is 6.32. The van der Waals surface area contributed by atoms with Gasteiger partial charge in [0.2, 0.25) is 0 Å². The average Bonchev–Trinajstić information content (AvgIpc) is 1.83. The van der Waals surface area contributed by atoms with Crippen LogP contribution in [0.3, 0.4) is 0 Å². The lowest BCUT2D eigenvalue weighted by Crippen LogP contribution is -1.80. The van der Waals surface area contributed by atoms with Crippen LogP contribution in [-0.4, -0.2) is 0 Å². The Balaban J connectivity index is 3.24. The summed E-state index contributed by atoms with van der Waals surface area (Å²) in [6.07, 6.45) is 5.36. The molecule has 0 aliphatic carbocycles. The zero-order valence-electron chi connectivity index (χ0n) is 4.73. The minimum Gasteiger partial charge on any atom is -0.404 e. The SMILES string of the molecule is C=CCC/C(Br)=C/N. The fourth-order valence-corrected chi connectivity index (χ4v) is 0.552. The summed E-state index contributed by atoms with van der Waals surface area (Å²) in [4.78, 5) is 0. The molecule has 8 heavy (non-hydrogen) atoms. The quantitative estimate of drug-likeness (QED) is 0.655. The lowest BCUT2D eigenvalue weighted by atomic mass is 10.3. The van der Waals surface area contributed by atoms with Gasteiger partial charge in [0, 0.05) is 10.7 Å². The molecule has 0 aromatic rings. The highest BCUT2D eigenvalue weighted by Crippen LogP contribution is 2.10. The van der Waals surface area contributed by atoms with Gasteiger partial charge in [-0.3, -0.25) is 0 Å². The predicted molar refractivity (Wildman–Crippen MR) is 40.6 cm³/mol. The minimum atomic E-state index is 0.958. The van der Waals surface area contributed by atoms with Gasteiger partial charge in [0.25, 0.3) is 0 Å². The van der Waals surface area contributed by atoms with Gasteiger partial charge in [-0.1, -0.05) is 22.0 Å². The lowest BCUT2D eigenvalue weighted by molar-refractivity contribution is 1.04. The Hall–Kier alpha value is -0.240. The summed E-state index contributed by atoms with van der Waals surface area (Å²) in [5, 5.41) is 0. The van der Waals surface area contributed by atoms with Crippen molar-refractivity contribution in [3.63, 3.8) is 0 Å². The van der Waals surface area contributed by atoms with Crippen molar-refractivity contribution in [3.05, 3.63) is 23.3 Å². The summed E-state index contributed by atoms with van der Waals surface area (Å²) < 4.78 is 1.04. The molecular formula is C6H10BrN. The van der Waals surface area contributed by atoms with Gasteiger partial charge < -0.3 is 5.73 Å². The average molecular weight is 176 g/mol. The van der Waals surface area contributed by atoms with Crippen LogP contribution in [0.1, 0.15) is 12.8 Å². The maximum absolute atomic E-state index is 5.17. The summed E-state index contributed by atoms with van der Waals surface area (Å²) in [5.41, 5.74) is 5.17. The topological polar surface area (TPSA) is 26.0 Å². The molecule has 0 saturated carbocycles. The Bertz CT molecular complexity index is 96.7. The molecule has 0 atom stereocenters. The summed E-state index contributed by atoms with van der Waals surface area (Å²) in [5.74, 6) is 0. The lowest BCUT2D eigenvalue weighted by Gasteiger charge is -1.89. The van der Waals surface area contributed by atoms with Crippen LogP contribution in [0.4, 0.5) is 0 Å². The summed E-state index contributed by atoms with van der Waals surface area (Å²) in [6, 6.07) is 0. The fourth-order valence-electron chi connectivity index (χ4n) is 0.323. The van der Waals surface area contributed by atoms with Gasteiger partial charge in [0.05, 0.1) is 0 Å². The minimum absolute atomic E-state index is 0.958. The fraction of sp³-hybridized carbons (Fsp3) is 0.333.